The molecule has 2 aromatic heterocycles. The van der Waals surface area contributed by atoms with E-state index in [0.29, 0.717) is 27.8 Å². The normalized spacial score (nSPS) is 10.6. The lowest BCUT2D eigenvalue weighted by molar-refractivity contribution is 0.0946. The molecule has 0 aliphatic carbocycles. The van der Waals surface area contributed by atoms with Crippen LogP contribution in [-0.4, -0.2) is 26.3 Å². The Kier molecular flexibility index (Phi) is 8.42. The Labute approximate surface area is 209 Å². The molecule has 182 valence electrons. The van der Waals surface area contributed by atoms with Gasteiger partial charge >= 0.3 is 0 Å². The molecule has 0 atom stereocenters. The SMILES string of the molecule is CC(=O)c1cc(C(=O)NCc2ccc(F)c(C)c2)nc2c(Br)cnn12.Cc1cc(CN)ccc1F. The van der Waals surface area contributed by atoms with Gasteiger partial charge in [-0.3, -0.25) is 9.59 Å². The van der Waals surface area contributed by atoms with Gasteiger partial charge in [-0.1, -0.05) is 24.3 Å². The highest BCUT2D eigenvalue weighted by atomic mass is 79.9. The first kappa shape index (κ1) is 26.1. The number of aromatic nitrogens is 3. The van der Waals surface area contributed by atoms with Crippen molar-refractivity contribution in [3.63, 3.8) is 0 Å². The second-order valence-corrected chi connectivity index (χ2v) is 8.72. The third-order valence-corrected chi connectivity index (χ3v) is 5.71. The molecular weight excluding hydrogens is 520 g/mol. The van der Waals surface area contributed by atoms with E-state index < -0.39 is 5.91 Å². The van der Waals surface area contributed by atoms with E-state index in [1.54, 1.807) is 38.1 Å². The van der Waals surface area contributed by atoms with Crippen LogP contribution in [0.1, 0.15) is 50.2 Å². The topological polar surface area (TPSA) is 102 Å². The first-order valence-electron chi connectivity index (χ1n) is 10.6. The smallest absolute Gasteiger partial charge is 0.270 e. The summed E-state index contributed by atoms with van der Waals surface area (Å²) >= 11 is 3.30. The first-order chi connectivity index (χ1) is 16.6. The van der Waals surface area contributed by atoms with Crippen molar-refractivity contribution in [1.29, 1.82) is 0 Å². The van der Waals surface area contributed by atoms with Crippen LogP contribution in [0.2, 0.25) is 0 Å². The fourth-order valence-electron chi connectivity index (χ4n) is 3.23. The van der Waals surface area contributed by atoms with Crippen LogP contribution in [-0.2, 0) is 13.1 Å². The predicted molar refractivity (Wildman–Crippen MR) is 132 cm³/mol. The highest BCUT2D eigenvalue weighted by Crippen LogP contribution is 2.18. The molecule has 0 fully saturated rings. The van der Waals surface area contributed by atoms with Crippen molar-refractivity contribution < 1.29 is 18.4 Å². The zero-order valence-electron chi connectivity index (χ0n) is 19.4. The lowest BCUT2D eigenvalue weighted by atomic mass is 10.1. The van der Waals surface area contributed by atoms with Crippen molar-refractivity contribution in [1.82, 2.24) is 19.9 Å². The number of amides is 1. The lowest BCUT2D eigenvalue weighted by Gasteiger charge is -2.08. The Bertz CT molecular complexity index is 1400. The molecule has 3 N–H and O–H groups in total. The molecule has 0 saturated carbocycles. The van der Waals surface area contributed by atoms with Crippen LogP contribution in [0.5, 0.6) is 0 Å². The molecule has 0 bridgehead atoms. The highest BCUT2D eigenvalue weighted by molar-refractivity contribution is 9.10. The molecule has 0 aliphatic heterocycles. The molecule has 35 heavy (non-hydrogen) atoms. The summed E-state index contributed by atoms with van der Waals surface area (Å²) in [5.41, 5.74) is 9.01. The molecule has 0 unspecified atom stereocenters. The van der Waals surface area contributed by atoms with Crippen LogP contribution in [0, 0.1) is 25.5 Å². The Morgan fingerprint density at radius 2 is 1.63 bits per heavy atom. The standard InChI is InChI=1S/C17H14BrFN4O2.C8H10FN/c1-9-5-11(3-4-13(9)19)7-20-17(25)14-6-15(10(2)24)23-16(22-14)12(18)8-21-23;1-6-4-7(5-10)2-3-8(6)9/h3-6,8H,7H2,1-2H3,(H,20,25);2-4H,5,10H2,1H3. The monoisotopic (exact) mass is 543 g/mol. The maximum Gasteiger partial charge on any atom is 0.270 e. The molecular formula is C25H24BrF2N5O2. The molecule has 0 radical (unpaired) electrons. The lowest BCUT2D eigenvalue weighted by Crippen LogP contribution is -2.25. The number of ketones is 1. The summed E-state index contributed by atoms with van der Waals surface area (Å²) in [5, 5.41) is 6.79. The van der Waals surface area contributed by atoms with Crippen molar-refractivity contribution >= 4 is 33.3 Å². The zero-order valence-corrected chi connectivity index (χ0v) is 21.0. The van der Waals surface area contributed by atoms with Gasteiger partial charge in [-0.2, -0.15) is 5.10 Å². The summed E-state index contributed by atoms with van der Waals surface area (Å²) in [6.45, 7) is 5.48. The van der Waals surface area contributed by atoms with Gasteiger partial charge in [-0.25, -0.2) is 18.3 Å². The number of halogens is 3. The number of carbonyl (C=O) groups excluding carboxylic acids is 2. The van der Waals surface area contributed by atoms with Crippen molar-refractivity contribution in [2.45, 2.75) is 33.9 Å². The van der Waals surface area contributed by atoms with Crippen molar-refractivity contribution in [2.75, 3.05) is 0 Å². The van der Waals surface area contributed by atoms with Gasteiger partial charge in [0.15, 0.2) is 11.4 Å². The number of nitrogens with zero attached hydrogens (tertiary/aromatic N) is 3. The Balaban J connectivity index is 0.000000287. The summed E-state index contributed by atoms with van der Waals surface area (Å²) in [6, 6.07) is 10.9. The maximum atomic E-state index is 13.3. The average Bonchev–Trinajstić information content (AvgIpc) is 3.21. The summed E-state index contributed by atoms with van der Waals surface area (Å²) in [4.78, 5) is 28.5. The van der Waals surface area contributed by atoms with Crippen LogP contribution in [0.15, 0.2) is 53.1 Å². The first-order valence-corrected chi connectivity index (χ1v) is 11.4. The van der Waals surface area contributed by atoms with Gasteiger partial charge < -0.3 is 11.1 Å². The number of hydrogen-bond donors (Lipinski definition) is 2. The minimum atomic E-state index is -0.430. The Morgan fingerprint density at radius 1 is 1.03 bits per heavy atom. The Morgan fingerprint density at radius 3 is 2.20 bits per heavy atom. The third-order valence-electron chi connectivity index (χ3n) is 5.16. The molecule has 0 spiro atoms. The molecule has 10 heteroatoms. The number of benzene rings is 2. The second-order valence-electron chi connectivity index (χ2n) is 7.86. The molecule has 7 nitrogen and oxygen atoms in total. The molecule has 1 amide bonds. The minimum Gasteiger partial charge on any atom is -0.347 e. The third kappa shape index (κ3) is 6.34. The summed E-state index contributed by atoms with van der Waals surface area (Å²) in [7, 11) is 0. The van der Waals surface area contributed by atoms with E-state index >= 15 is 0 Å². The summed E-state index contributed by atoms with van der Waals surface area (Å²) < 4.78 is 27.9. The van der Waals surface area contributed by atoms with Crippen LogP contribution in [0.3, 0.4) is 0 Å². The van der Waals surface area contributed by atoms with E-state index in [1.807, 2.05) is 0 Å². The van der Waals surface area contributed by atoms with Crippen molar-refractivity contribution in [2.24, 2.45) is 5.73 Å². The van der Waals surface area contributed by atoms with E-state index in [0.717, 1.165) is 11.1 Å². The minimum absolute atomic E-state index is 0.109. The average molecular weight is 544 g/mol. The van der Waals surface area contributed by atoms with Crippen LogP contribution >= 0.6 is 15.9 Å². The Hall–Kier alpha value is -3.50. The van der Waals surface area contributed by atoms with Gasteiger partial charge in [0.05, 0.1) is 10.7 Å². The van der Waals surface area contributed by atoms with Crippen LogP contribution < -0.4 is 11.1 Å². The van der Waals surface area contributed by atoms with E-state index in [9.17, 15) is 18.4 Å². The number of fused-ring (bicyclic) bond motifs is 1. The molecule has 4 aromatic rings. The number of carbonyl (C=O) groups is 2. The molecule has 2 aromatic carbocycles. The van der Waals surface area contributed by atoms with Gasteiger partial charge in [-0.05, 0) is 70.2 Å². The molecule has 0 aliphatic rings. The number of rotatable bonds is 5. The quantitative estimate of drug-likeness (QED) is 0.356. The summed E-state index contributed by atoms with van der Waals surface area (Å²) in [5.74, 6) is -1.12. The highest BCUT2D eigenvalue weighted by Gasteiger charge is 2.17. The van der Waals surface area contributed by atoms with E-state index in [2.05, 4.69) is 31.3 Å². The van der Waals surface area contributed by atoms with E-state index in [1.165, 1.54) is 35.8 Å². The summed E-state index contributed by atoms with van der Waals surface area (Å²) in [6.07, 6.45) is 1.51. The number of nitrogens with one attached hydrogen (secondary N) is 1. The molecule has 0 saturated heterocycles. The fraction of sp³-hybridized carbons (Fsp3) is 0.200. The van der Waals surface area contributed by atoms with E-state index in [-0.39, 0.29) is 35.4 Å². The number of aryl methyl sites for hydroxylation is 2. The van der Waals surface area contributed by atoms with Gasteiger partial charge in [0.2, 0.25) is 0 Å². The zero-order chi connectivity index (χ0) is 25.7. The predicted octanol–water partition coefficient (Wildman–Crippen LogP) is 4.66. The van der Waals surface area contributed by atoms with Gasteiger partial charge in [-0.15, -0.1) is 0 Å². The molecule has 2 heterocycles. The van der Waals surface area contributed by atoms with Crippen LogP contribution in [0.25, 0.3) is 5.65 Å². The van der Waals surface area contributed by atoms with Crippen molar-refractivity contribution in [3.8, 4) is 0 Å². The second kappa shape index (κ2) is 11.3. The maximum absolute atomic E-state index is 13.3. The van der Waals surface area contributed by atoms with E-state index in [4.69, 9.17) is 5.73 Å². The van der Waals surface area contributed by atoms with Gasteiger partial charge in [0.25, 0.3) is 5.91 Å². The molecule has 4 rings (SSSR count). The number of hydrogen-bond acceptors (Lipinski definition) is 5. The largest absolute Gasteiger partial charge is 0.347 e. The van der Waals surface area contributed by atoms with Gasteiger partial charge in [0.1, 0.15) is 23.0 Å². The number of Topliss-reactive ketones (excluding diaryl/α,β-unsaturated/α-hetero) is 1. The van der Waals surface area contributed by atoms with Crippen molar-refractivity contribution in [3.05, 3.63) is 98.4 Å². The number of nitrogens with two attached hydrogens (primary N) is 1. The van der Waals surface area contributed by atoms with Gasteiger partial charge in [0, 0.05) is 20.0 Å². The van der Waals surface area contributed by atoms with Crippen LogP contribution in [0.4, 0.5) is 8.78 Å². The fourth-order valence-corrected chi connectivity index (χ4v) is 3.57.